The van der Waals surface area contributed by atoms with Crippen molar-refractivity contribution in [2.75, 3.05) is 41.1 Å². The van der Waals surface area contributed by atoms with E-state index >= 15 is 0 Å². The van der Waals surface area contributed by atoms with Crippen molar-refractivity contribution < 1.29 is 14.0 Å². The van der Waals surface area contributed by atoms with Crippen LogP contribution in [0.15, 0.2) is 67.1 Å². The third-order valence-corrected chi connectivity index (χ3v) is 6.30. The Morgan fingerprint density at radius 3 is 2.60 bits per heavy atom. The number of rotatable bonds is 9. The number of aromatic nitrogens is 4. The monoisotopic (exact) mass is 543 g/mol. The molecular weight excluding hydrogens is 513 g/mol. The summed E-state index contributed by atoms with van der Waals surface area (Å²) in [5.74, 6) is 0.195. The number of nitrogens with zero attached hydrogens (tertiary/aromatic N) is 7. The molecule has 3 amide bonds. The molecule has 0 aliphatic carbocycles. The number of aryl methyl sites for hydroxylation is 1. The van der Waals surface area contributed by atoms with Gasteiger partial charge in [0.15, 0.2) is 5.82 Å². The third-order valence-electron chi connectivity index (χ3n) is 6.30. The molecule has 40 heavy (non-hydrogen) atoms. The first kappa shape index (κ1) is 26.8. The summed E-state index contributed by atoms with van der Waals surface area (Å²) >= 11 is 0. The molecule has 0 bridgehead atoms. The van der Waals surface area contributed by atoms with Crippen LogP contribution in [0.5, 0.6) is 0 Å². The van der Waals surface area contributed by atoms with Crippen molar-refractivity contribution in [2.24, 2.45) is 7.05 Å². The van der Waals surface area contributed by atoms with Crippen LogP contribution < -0.4 is 20.4 Å². The zero-order valence-corrected chi connectivity index (χ0v) is 22.5. The molecule has 3 heterocycles. The first-order valence-electron chi connectivity index (χ1n) is 12.8. The fourth-order valence-corrected chi connectivity index (χ4v) is 4.38. The number of benzene rings is 2. The fraction of sp³-hybridized carbons (Fsp3) is 0.250. The van der Waals surface area contributed by atoms with Crippen molar-refractivity contribution in [3.05, 3.63) is 78.5 Å². The zero-order chi connectivity index (χ0) is 28.2. The van der Waals surface area contributed by atoms with Crippen molar-refractivity contribution in [1.29, 1.82) is 0 Å². The van der Waals surface area contributed by atoms with Crippen molar-refractivity contribution >= 4 is 46.5 Å². The minimum atomic E-state index is -0.394. The van der Waals surface area contributed by atoms with E-state index in [-0.39, 0.29) is 18.5 Å². The summed E-state index contributed by atoms with van der Waals surface area (Å²) in [4.78, 5) is 40.7. The maximum atomic E-state index is 14.0. The average Bonchev–Trinajstić information content (AvgIpc) is 3.33. The number of carbonyl (C=O) groups excluding carboxylic acids is 2. The van der Waals surface area contributed by atoms with Crippen molar-refractivity contribution in [3.8, 4) is 0 Å². The Bertz CT molecular complexity index is 1520. The molecule has 12 heteroatoms. The summed E-state index contributed by atoms with van der Waals surface area (Å²) in [7, 11) is 5.73. The minimum Gasteiger partial charge on any atom is -0.326 e. The molecule has 0 saturated heterocycles. The minimum absolute atomic E-state index is 0.109. The van der Waals surface area contributed by atoms with Gasteiger partial charge in [0.05, 0.1) is 24.1 Å². The number of hydrogen-bond donors (Lipinski definition) is 2. The van der Waals surface area contributed by atoms with E-state index < -0.39 is 5.82 Å². The zero-order valence-electron chi connectivity index (χ0n) is 22.5. The second-order valence-electron chi connectivity index (χ2n) is 9.76. The van der Waals surface area contributed by atoms with Gasteiger partial charge in [-0.3, -0.25) is 14.4 Å². The van der Waals surface area contributed by atoms with Gasteiger partial charge in [-0.25, -0.2) is 19.1 Å². The van der Waals surface area contributed by atoms with E-state index in [4.69, 9.17) is 0 Å². The number of amides is 3. The SMILES string of the molecule is CN(C)CCCC(=O)Nc1cccc(N2C(=O)N(c3ccc(F)cc3)Cc3cnc(Nc4cnn(C)c4)nc32)c1. The fourth-order valence-electron chi connectivity index (χ4n) is 4.38. The van der Waals surface area contributed by atoms with Crippen LogP contribution in [0, 0.1) is 5.82 Å². The Balaban J connectivity index is 1.48. The van der Waals surface area contributed by atoms with Gasteiger partial charge in [0.25, 0.3) is 0 Å². The molecule has 2 N–H and O–H groups in total. The van der Waals surface area contributed by atoms with E-state index in [1.54, 1.807) is 66.7 Å². The summed E-state index contributed by atoms with van der Waals surface area (Å²) < 4.78 is 15.3. The smallest absolute Gasteiger partial charge is 0.326 e. The Kier molecular flexibility index (Phi) is 7.69. The average molecular weight is 544 g/mol. The van der Waals surface area contributed by atoms with Gasteiger partial charge in [-0.2, -0.15) is 10.1 Å². The van der Waals surface area contributed by atoms with Crippen LogP contribution in [0.2, 0.25) is 0 Å². The highest BCUT2D eigenvalue weighted by Crippen LogP contribution is 2.37. The van der Waals surface area contributed by atoms with Crippen LogP contribution in [0.4, 0.5) is 43.7 Å². The van der Waals surface area contributed by atoms with Gasteiger partial charge in [0.1, 0.15) is 5.82 Å². The molecule has 2 aromatic carbocycles. The number of fused-ring (bicyclic) bond motifs is 1. The summed E-state index contributed by atoms with van der Waals surface area (Å²) in [5, 5.41) is 10.2. The van der Waals surface area contributed by atoms with Gasteiger partial charge < -0.3 is 15.5 Å². The van der Waals surface area contributed by atoms with E-state index in [0.717, 1.165) is 13.0 Å². The number of carbonyl (C=O) groups is 2. The number of nitrogens with one attached hydrogen (secondary N) is 2. The summed E-state index contributed by atoms with van der Waals surface area (Å²) in [6.07, 6.45) is 6.20. The molecule has 4 aromatic rings. The van der Waals surface area contributed by atoms with Gasteiger partial charge in [0, 0.05) is 42.8 Å². The van der Waals surface area contributed by atoms with Crippen LogP contribution in [-0.2, 0) is 18.4 Å². The second kappa shape index (κ2) is 11.5. The van der Waals surface area contributed by atoms with Crippen LogP contribution in [-0.4, -0.2) is 57.2 Å². The molecule has 206 valence electrons. The molecule has 0 spiro atoms. The van der Waals surface area contributed by atoms with E-state index in [2.05, 4.69) is 25.7 Å². The third kappa shape index (κ3) is 6.07. The predicted molar refractivity (Wildman–Crippen MR) is 152 cm³/mol. The number of anilines is 6. The van der Waals surface area contributed by atoms with Crippen LogP contribution in [0.1, 0.15) is 18.4 Å². The Labute approximate surface area is 231 Å². The molecule has 0 fully saturated rings. The largest absolute Gasteiger partial charge is 0.335 e. The van der Waals surface area contributed by atoms with E-state index in [1.165, 1.54) is 21.9 Å². The molecule has 0 saturated carbocycles. The van der Waals surface area contributed by atoms with E-state index in [0.29, 0.717) is 46.5 Å². The topological polar surface area (TPSA) is 112 Å². The first-order chi connectivity index (χ1) is 19.3. The van der Waals surface area contributed by atoms with Gasteiger partial charge in [-0.15, -0.1) is 0 Å². The van der Waals surface area contributed by atoms with Crippen LogP contribution in [0.3, 0.4) is 0 Å². The lowest BCUT2D eigenvalue weighted by Gasteiger charge is -2.36. The molecular formula is C28H30FN9O2. The quantitative estimate of drug-likeness (QED) is 0.316. The van der Waals surface area contributed by atoms with Crippen LogP contribution >= 0.6 is 0 Å². The summed E-state index contributed by atoms with van der Waals surface area (Å²) in [5.41, 5.74) is 2.99. The summed E-state index contributed by atoms with van der Waals surface area (Å²) in [6, 6.07) is 12.4. The highest BCUT2D eigenvalue weighted by Gasteiger charge is 2.34. The number of urea groups is 1. The van der Waals surface area contributed by atoms with Gasteiger partial charge >= 0.3 is 6.03 Å². The molecule has 2 aromatic heterocycles. The lowest BCUT2D eigenvalue weighted by Crippen LogP contribution is -2.45. The predicted octanol–water partition coefficient (Wildman–Crippen LogP) is 4.65. The normalized spacial score (nSPS) is 13.0. The molecule has 0 unspecified atom stereocenters. The van der Waals surface area contributed by atoms with Crippen molar-refractivity contribution in [3.63, 3.8) is 0 Å². The van der Waals surface area contributed by atoms with Gasteiger partial charge in [-0.1, -0.05) is 6.07 Å². The van der Waals surface area contributed by atoms with Crippen molar-refractivity contribution in [1.82, 2.24) is 24.6 Å². The molecule has 1 aliphatic heterocycles. The standard InChI is InChI=1S/C28H30FN9O2/c1-35(2)13-5-8-25(39)32-21-6-4-7-24(14-21)38-26-19(15-30-27(34-26)33-22-16-31-36(3)18-22)17-37(28(38)40)23-11-9-20(29)10-12-23/h4,6-7,9-12,14-16,18H,5,8,13,17H2,1-3H3,(H,32,39)(H,30,33,34). The van der Waals surface area contributed by atoms with Gasteiger partial charge in [-0.05, 0) is 69.5 Å². The van der Waals surface area contributed by atoms with Crippen LogP contribution in [0.25, 0.3) is 0 Å². The summed E-state index contributed by atoms with van der Waals surface area (Å²) in [6.45, 7) is 1.01. The molecule has 11 nitrogen and oxygen atoms in total. The van der Waals surface area contributed by atoms with Crippen molar-refractivity contribution in [2.45, 2.75) is 19.4 Å². The lowest BCUT2D eigenvalue weighted by molar-refractivity contribution is -0.116. The number of halogens is 1. The maximum absolute atomic E-state index is 14.0. The molecule has 0 atom stereocenters. The van der Waals surface area contributed by atoms with Gasteiger partial charge in [0.2, 0.25) is 11.9 Å². The van der Waals surface area contributed by atoms with E-state index in [9.17, 15) is 14.0 Å². The Morgan fingerprint density at radius 1 is 1.07 bits per heavy atom. The maximum Gasteiger partial charge on any atom is 0.335 e. The highest BCUT2D eigenvalue weighted by atomic mass is 19.1. The molecule has 1 aliphatic rings. The first-order valence-corrected chi connectivity index (χ1v) is 12.8. The second-order valence-corrected chi connectivity index (χ2v) is 9.76. The highest BCUT2D eigenvalue weighted by molar-refractivity contribution is 6.10. The number of hydrogen-bond acceptors (Lipinski definition) is 7. The molecule has 0 radical (unpaired) electrons. The van der Waals surface area contributed by atoms with E-state index in [1.807, 2.05) is 19.0 Å². The lowest BCUT2D eigenvalue weighted by atomic mass is 10.1. The Hall–Kier alpha value is -4.84. The molecule has 5 rings (SSSR count). The Morgan fingerprint density at radius 2 is 1.88 bits per heavy atom.